The average Bonchev–Trinajstić information content (AvgIpc) is 2.79. The summed E-state index contributed by atoms with van der Waals surface area (Å²) in [5.74, 6) is 1.43. The first-order valence-corrected chi connectivity index (χ1v) is 6.79. The Morgan fingerprint density at radius 1 is 1.17 bits per heavy atom. The van der Waals surface area contributed by atoms with Gasteiger partial charge < -0.3 is 0 Å². The summed E-state index contributed by atoms with van der Waals surface area (Å²) in [7, 11) is 0. The monoisotopic (exact) mass is 241 g/mol. The van der Waals surface area contributed by atoms with E-state index in [2.05, 4.69) is 23.5 Å². The van der Waals surface area contributed by atoms with Gasteiger partial charge in [0, 0.05) is 11.9 Å². The van der Waals surface area contributed by atoms with E-state index < -0.39 is 0 Å². The molecule has 94 valence electrons. The Bertz CT molecular complexity index is 540. The van der Waals surface area contributed by atoms with Crippen molar-refractivity contribution < 1.29 is 0 Å². The molecule has 0 saturated heterocycles. The Hall–Kier alpha value is -1.64. The van der Waals surface area contributed by atoms with Gasteiger partial charge in [0.1, 0.15) is 0 Å². The van der Waals surface area contributed by atoms with Gasteiger partial charge in [0.25, 0.3) is 0 Å². The lowest BCUT2D eigenvalue weighted by atomic mass is 9.92. The Balaban J connectivity index is 2.15. The van der Waals surface area contributed by atoms with Crippen LogP contribution in [0.25, 0.3) is 5.82 Å². The van der Waals surface area contributed by atoms with E-state index in [4.69, 9.17) is 5.10 Å². The first-order valence-electron chi connectivity index (χ1n) is 6.79. The average molecular weight is 241 g/mol. The molecule has 2 aromatic heterocycles. The van der Waals surface area contributed by atoms with Gasteiger partial charge in [-0.05, 0) is 49.3 Å². The summed E-state index contributed by atoms with van der Waals surface area (Å²) >= 11 is 0. The minimum absolute atomic E-state index is 0.488. The highest BCUT2D eigenvalue weighted by Gasteiger charge is 2.23. The van der Waals surface area contributed by atoms with Crippen LogP contribution in [0.4, 0.5) is 0 Å². The van der Waals surface area contributed by atoms with Crippen molar-refractivity contribution in [3.63, 3.8) is 0 Å². The molecule has 1 aliphatic rings. The molecule has 18 heavy (non-hydrogen) atoms. The second kappa shape index (κ2) is 4.56. The molecule has 0 atom stereocenters. The van der Waals surface area contributed by atoms with Crippen molar-refractivity contribution in [2.24, 2.45) is 0 Å². The number of pyridine rings is 1. The summed E-state index contributed by atoms with van der Waals surface area (Å²) < 4.78 is 2.06. The second-order valence-corrected chi connectivity index (χ2v) is 5.27. The molecule has 3 nitrogen and oxygen atoms in total. The third-order valence-electron chi connectivity index (χ3n) is 3.62. The van der Waals surface area contributed by atoms with E-state index in [-0.39, 0.29) is 0 Å². The first-order chi connectivity index (χ1) is 8.77. The van der Waals surface area contributed by atoms with Crippen LogP contribution in [0, 0.1) is 0 Å². The normalized spacial score (nSPS) is 14.8. The molecule has 0 aromatic carbocycles. The summed E-state index contributed by atoms with van der Waals surface area (Å²) in [5, 5.41) is 4.82. The molecular weight excluding hydrogens is 222 g/mol. The SMILES string of the molecule is CC(C)c1nn(-c2ccccn2)c2c1CCCC2. The topological polar surface area (TPSA) is 30.7 Å². The van der Waals surface area contributed by atoms with Crippen LogP contribution < -0.4 is 0 Å². The molecule has 0 bridgehead atoms. The van der Waals surface area contributed by atoms with E-state index in [1.54, 1.807) is 0 Å². The molecular formula is C15H19N3. The van der Waals surface area contributed by atoms with Gasteiger partial charge in [-0.15, -0.1) is 0 Å². The first kappa shape index (κ1) is 11.5. The predicted octanol–water partition coefficient (Wildman–Crippen LogP) is 3.27. The standard InChI is InChI=1S/C15H19N3/c1-11(2)15-12-7-3-4-8-13(12)18(17-15)14-9-5-6-10-16-14/h5-6,9-11H,3-4,7-8H2,1-2H3. The largest absolute Gasteiger partial charge is 0.237 e. The maximum absolute atomic E-state index is 4.82. The third kappa shape index (κ3) is 1.84. The van der Waals surface area contributed by atoms with Gasteiger partial charge in [-0.25, -0.2) is 9.67 Å². The van der Waals surface area contributed by atoms with Crippen LogP contribution >= 0.6 is 0 Å². The fourth-order valence-electron chi connectivity index (χ4n) is 2.76. The number of hydrogen-bond donors (Lipinski definition) is 0. The molecule has 0 fully saturated rings. The van der Waals surface area contributed by atoms with E-state index in [1.165, 1.54) is 36.2 Å². The van der Waals surface area contributed by atoms with Gasteiger partial charge >= 0.3 is 0 Å². The molecule has 0 radical (unpaired) electrons. The number of nitrogens with zero attached hydrogens (tertiary/aromatic N) is 3. The highest BCUT2D eigenvalue weighted by Crippen LogP contribution is 2.29. The molecule has 0 N–H and O–H groups in total. The zero-order valence-electron chi connectivity index (χ0n) is 11.1. The molecule has 2 aromatic rings. The van der Waals surface area contributed by atoms with E-state index in [0.29, 0.717) is 5.92 Å². The van der Waals surface area contributed by atoms with Crippen molar-refractivity contribution in [3.05, 3.63) is 41.3 Å². The molecule has 2 heterocycles. The van der Waals surface area contributed by atoms with Crippen LogP contribution in [0.3, 0.4) is 0 Å². The van der Waals surface area contributed by atoms with Crippen molar-refractivity contribution in [1.82, 2.24) is 14.8 Å². The van der Waals surface area contributed by atoms with Crippen LogP contribution in [0.1, 0.15) is 49.6 Å². The fourth-order valence-corrected chi connectivity index (χ4v) is 2.76. The summed E-state index contributed by atoms with van der Waals surface area (Å²) in [4.78, 5) is 4.43. The van der Waals surface area contributed by atoms with Crippen molar-refractivity contribution >= 4 is 0 Å². The zero-order chi connectivity index (χ0) is 12.5. The Kier molecular flexibility index (Phi) is 2.90. The lowest BCUT2D eigenvalue weighted by Crippen LogP contribution is -2.08. The zero-order valence-corrected chi connectivity index (χ0v) is 11.1. The number of hydrogen-bond acceptors (Lipinski definition) is 2. The van der Waals surface area contributed by atoms with E-state index in [1.807, 2.05) is 24.4 Å². The van der Waals surface area contributed by atoms with Crippen LogP contribution in [-0.2, 0) is 12.8 Å². The highest BCUT2D eigenvalue weighted by molar-refractivity contribution is 5.36. The smallest absolute Gasteiger partial charge is 0.153 e. The number of aromatic nitrogens is 3. The predicted molar refractivity (Wildman–Crippen MR) is 72.1 cm³/mol. The molecule has 3 heteroatoms. The van der Waals surface area contributed by atoms with Gasteiger partial charge in [0.15, 0.2) is 5.82 Å². The lowest BCUT2D eigenvalue weighted by molar-refractivity contribution is 0.649. The van der Waals surface area contributed by atoms with E-state index >= 15 is 0 Å². The van der Waals surface area contributed by atoms with Gasteiger partial charge in [-0.3, -0.25) is 0 Å². The van der Waals surface area contributed by atoms with Crippen molar-refractivity contribution in [2.45, 2.75) is 45.4 Å². The summed E-state index contributed by atoms with van der Waals surface area (Å²) in [6.07, 6.45) is 6.70. The van der Waals surface area contributed by atoms with Gasteiger partial charge in [0.2, 0.25) is 0 Å². The molecule has 0 saturated carbocycles. The number of fused-ring (bicyclic) bond motifs is 1. The summed E-state index contributed by atoms with van der Waals surface area (Å²) in [6, 6.07) is 6.00. The molecule has 0 amide bonds. The molecule has 0 aliphatic heterocycles. The van der Waals surface area contributed by atoms with Gasteiger partial charge in [-0.1, -0.05) is 19.9 Å². The highest BCUT2D eigenvalue weighted by atomic mass is 15.3. The summed E-state index contributed by atoms with van der Waals surface area (Å²) in [5.41, 5.74) is 4.11. The second-order valence-electron chi connectivity index (χ2n) is 5.27. The van der Waals surface area contributed by atoms with Crippen LogP contribution in [0.5, 0.6) is 0 Å². The van der Waals surface area contributed by atoms with Gasteiger partial charge in [-0.2, -0.15) is 5.10 Å². The molecule has 0 unspecified atom stereocenters. The molecule has 1 aliphatic carbocycles. The van der Waals surface area contributed by atoms with E-state index in [9.17, 15) is 0 Å². The Morgan fingerprint density at radius 3 is 2.72 bits per heavy atom. The van der Waals surface area contributed by atoms with Gasteiger partial charge in [0.05, 0.1) is 5.69 Å². The Morgan fingerprint density at radius 2 is 2.00 bits per heavy atom. The van der Waals surface area contributed by atoms with Crippen LogP contribution in [0.15, 0.2) is 24.4 Å². The molecule has 0 spiro atoms. The fraction of sp³-hybridized carbons (Fsp3) is 0.467. The van der Waals surface area contributed by atoms with E-state index in [0.717, 1.165) is 12.2 Å². The maximum Gasteiger partial charge on any atom is 0.153 e. The van der Waals surface area contributed by atoms with Crippen molar-refractivity contribution in [1.29, 1.82) is 0 Å². The number of rotatable bonds is 2. The quantitative estimate of drug-likeness (QED) is 0.808. The molecule has 3 rings (SSSR count). The minimum Gasteiger partial charge on any atom is -0.237 e. The van der Waals surface area contributed by atoms with Crippen molar-refractivity contribution in [3.8, 4) is 5.82 Å². The summed E-state index contributed by atoms with van der Waals surface area (Å²) in [6.45, 7) is 4.44. The third-order valence-corrected chi connectivity index (χ3v) is 3.62. The van der Waals surface area contributed by atoms with Crippen molar-refractivity contribution in [2.75, 3.05) is 0 Å². The van der Waals surface area contributed by atoms with Crippen LogP contribution in [0.2, 0.25) is 0 Å². The maximum atomic E-state index is 4.82. The Labute approximate surface area is 108 Å². The minimum atomic E-state index is 0.488. The van der Waals surface area contributed by atoms with Crippen LogP contribution in [-0.4, -0.2) is 14.8 Å². The lowest BCUT2D eigenvalue weighted by Gasteiger charge is -2.14.